The van der Waals surface area contributed by atoms with Crippen LogP contribution in [0.1, 0.15) is 13.3 Å². The molecule has 0 aliphatic carbocycles. The number of hydrogen-bond donors (Lipinski definition) is 2. The molecule has 0 aliphatic rings. The summed E-state index contributed by atoms with van der Waals surface area (Å²) < 4.78 is 22.7. The Hall–Kier alpha value is -0.720. The minimum atomic E-state index is -3.21. The van der Waals surface area contributed by atoms with Crippen LogP contribution < -0.4 is 5.73 Å². The molecule has 1 aromatic rings. The van der Waals surface area contributed by atoms with Gasteiger partial charge in [0.05, 0.1) is 4.90 Å². The molecule has 17 heavy (non-hydrogen) atoms. The Labute approximate surface area is 106 Å². The first kappa shape index (κ1) is 14.3. The Bertz CT molecular complexity index is 485. The number of anilines is 1. The quantitative estimate of drug-likeness (QED) is 0.629. The van der Waals surface area contributed by atoms with Crippen LogP contribution in [-0.4, -0.2) is 31.6 Å². The number of nitrogen functional groups attached to an aromatic ring is 1. The topological polar surface area (TPSA) is 80.4 Å². The number of hydrogen-bond acceptors (Lipinski definition) is 5. The van der Waals surface area contributed by atoms with Crippen molar-refractivity contribution in [3.05, 3.63) is 18.2 Å². The van der Waals surface area contributed by atoms with Crippen molar-refractivity contribution in [2.75, 3.05) is 18.6 Å². The highest BCUT2D eigenvalue weighted by atomic mass is 32.2. The molecule has 0 bridgehead atoms. The van der Waals surface area contributed by atoms with Gasteiger partial charge in [0.25, 0.3) is 0 Å². The van der Waals surface area contributed by atoms with Gasteiger partial charge in [-0.25, -0.2) is 8.42 Å². The molecule has 1 unspecified atom stereocenters. The summed E-state index contributed by atoms with van der Waals surface area (Å²) in [5.74, 6) is 0. The third-order valence-electron chi connectivity index (χ3n) is 2.27. The van der Waals surface area contributed by atoms with E-state index in [1.165, 1.54) is 17.8 Å². The lowest BCUT2D eigenvalue weighted by Gasteiger charge is -2.12. The molecule has 0 fully saturated rings. The van der Waals surface area contributed by atoms with E-state index in [9.17, 15) is 8.42 Å². The van der Waals surface area contributed by atoms with Crippen LogP contribution in [0.2, 0.25) is 0 Å². The van der Waals surface area contributed by atoms with E-state index in [0.29, 0.717) is 12.1 Å². The van der Waals surface area contributed by atoms with E-state index < -0.39 is 9.84 Å². The maximum absolute atomic E-state index is 11.3. The van der Waals surface area contributed by atoms with Gasteiger partial charge in [-0.3, -0.25) is 0 Å². The fraction of sp³-hybridized carbons (Fsp3) is 0.455. The monoisotopic (exact) mass is 275 g/mol. The first-order chi connectivity index (χ1) is 7.84. The minimum Gasteiger partial charge on any atom is -0.398 e. The number of aliphatic hydroxyl groups is 1. The van der Waals surface area contributed by atoms with E-state index in [2.05, 4.69) is 0 Å². The minimum absolute atomic E-state index is 0.134. The van der Waals surface area contributed by atoms with E-state index in [1.807, 2.05) is 6.92 Å². The Morgan fingerprint density at radius 3 is 2.59 bits per heavy atom. The fourth-order valence-corrected chi connectivity index (χ4v) is 2.98. The van der Waals surface area contributed by atoms with Crippen molar-refractivity contribution in [3.8, 4) is 0 Å². The number of nitrogens with two attached hydrogens (primary N) is 1. The van der Waals surface area contributed by atoms with Gasteiger partial charge in [-0.2, -0.15) is 0 Å². The van der Waals surface area contributed by atoms with E-state index in [4.69, 9.17) is 10.8 Å². The van der Waals surface area contributed by atoms with E-state index in [0.717, 1.165) is 11.2 Å². The molecule has 0 radical (unpaired) electrons. The average molecular weight is 275 g/mol. The molecule has 1 aromatic carbocycles. The average Bonchev–Trinajstić information content (AvgIpc) is 2.20. The molecule has 0 spiro atoms. The van der Waals surface area contributed by atoms with Gasteiger partial charge in [0.1, 0.15) is 0 Å². The van der Waals surface area contributed by atoms with Crippen molar-refractivity contribution in [2.45, 2.75) is 28.4 Å². The Morgan fingerprint density at radius 1 is 1.47 bits per heavy atom. The third kappa shape index (κ3) is 4.22. The maximum atomic E-state index is 11.3. The number of thioether (sulfide) groups is 1. The summed E-state index contributed by atoms with van der Waals surface area (Å²) in [5, 5.41) is 9.05. The number of sulfone groups is 1. The molecule has 6 heteroatoms. The number of aliphatic hydroxyl groups excluding tert-OH is 1. The largest absolute Gasteiger partial charge is 0.398 e. The zero-order chi connectivity index (χ0) is 13.1. The summed E-state index contributed by atoms with van der Waals surface area (Å²) in [6.45, 7) is 2.13. The fourth-order valence-electron chi connectivity index (χ4n) is 1.32. The van der Waals surface area contributed by atoms with Crippen molar-refractivity contribution >= 4 is 27.3 Å². The summed E-state index contributed by atoms with van der Waals surface area (Å²) >= 11 is 1.53. The van der Waals surface area contributed by atoms with E-state index >= 15 is 0 Å². The lowest BCUT2D eigenvalue weighted by Crippen LogP contribution is -2.02. The normalized spacial score (nSPS) is 13.6. The van der Waals surface area contributed by atoms with Crippen molar-refractivity contribution in [3.63, 3.8) is 0 Å². The predicted molar refractivity (Wildman–Crippen MR) is 71.0 cm³/mol. The van der Waals surface area contributed by atoms with Crippen LogP contribution in [0.25, 0.3) is 0 Å². The van der Waals surface area contributed by atoms with Gasteiger partial charge >= 0.3 is 0 Å². The molecule has 0 aromatic heterocycles. The van der Waals surface area contributed by atoms with Crippen LogP contribution in [0.4, 0.5) is 5.69 Å². The van der Waals surface area contributed by atoms with E-state index in [1.54, 1.807) is 12.1 Å². The molecular formula is C11H17NO3S2. The highest BCUT2D eigenvalue weighted by Crippen LogP contribution is 2.31. The van der Waals surface area contributed by atoms with Gasteiger partial charge in [-0.1, -0.05) is 6.92 Å². The molecule has 0 saturated heterocycles. The molecular weight excluding hydrogens is 258 g/mol. The van der Waals surface area contributed by atoms with Crippen molar-refractivity contribution in [2.24, 2.45) is 0 Å². The van der Waals surface area contributed by atoms with Gasteiger partial charge in [-0.15, -0.1) is 11.8 Å². The molecule has 96 valence electrons. The van der Waals surface area contributed by atoms with Crippen LogP contribution in [0.5, 0.6) is 0 Å². The summed E-state index contributed by atoms with van der Waals surface area (Å²) in [5.41, 5.74) is 6.28. The molecule has 0 heterocycles. The first-order valence-electron chi connectivity index (χ1n) is 5.21. The molecule has 0 saturated carbocycles. The third-order valence-corrected chi connectivity index (χ3v) is 4.65. The second-order valence-electron chi connectivity index (χ2n) is 3.91. The van der Waals surface area contributed by atoms with Crippen LogP contribution in [0.3, 0.4) is 0 Å². The Balaban J connectivity index is 2.91. The predicted octanol–water partition coefficient (Wildman–Crippen LogP) is 1.54. The van der Waals surface area contributed by atoms with Crippen LogP contribution >= 0.6 is 11.8 Å². The second kappa shape index (κ2) is 5.75. The Kier molecular flexibility index (Phi) is 4.85. The lowest BCUT2D eigenvalue weighted by atomic mass is 10.3. The summed E-state index contributed by atoms with van der Waals surface area (Å²) in [4.78, 5) is 1.08. The highest BCUT2D eigenvalue weighted by molar-refractivity contribution is 8.00. The van der Waals surface area contributed by atoms with E-state index in [-0.39, 0.29) is 16.8 Å². The van der Waals surface area contributed by atoms with Gasteiger partial charge < -0.3 is 10.8 Å². The summed E-state index contributed by atoms with van der Waals surface area (Å²) in [7, 11) is -3.21. The number of rotatable bonds is 5. The van der Waals surface area contributed by atoms with Gasteiger partial charge in [0, 0.05) is 28.7 Å². The van der Waals surface area contributed by atoms with Gasteiger partial charge in [-0.05, 0) is 24.6 Å². The zero-order valence-electron chi connectivity index (χ0n) is 9.88. The number of benzene rings is 1. The summed E-state index contributed by atoms with van der Waals surface area (Å²) in [6.07, 6.45) is 1.83. The summed E-state index contributed by atoms with van der Waals surface area (Å²) in [6, 6.07) is 4.74. The van der Waals surface area contributed by atoms with Crippen molar-refractivity contribution in [1.29, 1.82) is 0 Å². The molecule has 1 rings (SSSR count). The zero-order valence-corrected chi connectivity index (χ0v) is 11.5. The smallest absolute Gasteiger partial charge is 0.175 e. The molecule has 1 atom stereocenters. The SMILES string of the molecule is CC(CCO)Sc1ccc(S(C)(=O)=O)cc1N. The van der Waals surface area contributed by atoms with Crippen LogP contribution in [0.15, 0.2) is 28.0 Å². The highest BCUT2D eigenvalue weighted by Gasteiger charge is 2.11. The van der Waals surface area contributed by atoms with Crippen LogP contribution in [0, 0.1) is 0 Å². The lowest BCUT2D eigenvalue weighted by molar-refractivity contribution is 0.289. The molecule has 4 nitrogen and oxygen atoms in total. The first-order valence-corrected chi connectivity index (χ1v) is 7.99. The maximum Gasteiger partial charge on any atom is 0.175 e. The standard InChI is InChI=1S/C11H17NO3S2/c1-8(5-6-13)16-11-4-3-9(7-10(11)12)17(2,14)15/h3-4,7-8,13H,5-6,12H2,1-2H3. The van der Waals surface area contributed by atoms with Gasteiger partial charge in [0.2, 0.25) is 0 Å². The van der Waals surface area contributed by atoms with Crippen molar-refractivity contribution in [1.82, 2.24) is 0 Å². The van der Waals surface area contributed by atoms with Gasteiger partial charge in [0.15, 0.2) is 9.84 Å². The molecule has 3 N–H and O–H groups in total. The molecule has 0 amide bonds. The van der Waals surface area contributed by atoms with Crippen molar-refractivity contribution < 1.29 is 13.5 Å². The Morgan fingerprint density at radius 2 is 2.12 bits per heavy atom. The molecule has 0 aliphatic heterocycles. The van der Waals surface area contributed by atoms with Crippen LogP contribution in [-0.2, 0) is 9.84 Å². The second-order valence-corrected chi connectivity index (χ2v) is 7.41.